The highest BCUT2D eigenvalue weighted by atomic mass is 16.3. The van der Waals surface area contributed by atoms with Crippen molar-refractivity contribution in [2.45, 2.75) is 59.4 Å². The zero-order chi connectivity index (χ0) is 18.9. The number of nitrogens with zero attached hydrogens (tertiary/aromatic N) is 1. The van der Waals surface area contributed by atoms with Gasteiger partial charge in [0.25, 0.3) is 0 Å². The van der Waals surface area contributed by atoms with Gasteiger partial charge in [0.1, 0.15) is 5.75 Å². The molecule has 7 nitrogen and oxygen atoms in total. The largest absolute Gasteiger partial charge is 0.507 e. The van der Waals surface area contributed by atoms with E-state index in [9.17, 15) is 19.5 Å². The number of hydrogen-bond acceptors (Lipinski definition) is 4. The number of aromatic nitrogens is 3. The standard InChI is InChI=1S/C18H25N3O4/c1-6-10-8-13(18(3,4)5)14(22)11(7-2)12(10)9-21-16(24)19-15(23)20-17(21)25/h8,22H,6-7,9H2,1-5H3,(H2,19,20,23,24,25). The lowest BCUT2D eigenvalue weighted by Gasteiger charge is -2.26. The van der Waals surface area contributed by atoms with E-state index < -0.39 is 17.1 Å². The first kappa shape index (κ1) is 18.8. The van der Waals surface area contributed by atoms with Crippen LogP contribution in [0.15, 0.2) is 20.4 Å². The van der Waals surface area contributed by atoms with Crippen LogP contribution < -0.4 is 17.1 Å². The van der Waals surface area contributed by atoms with E-state index in [2.05, 4.69) is 9.97 Å². The van der Waals surface area contributed by atoms with Crippen LogP contribution in [-0.4, -0.2) is 19.6 Å². The number of aromatic hydroxyl groups is 1. The molecule has 0 aliphatic rings. The summed E-state index contributed by atoms with van der Waals surface area (Å²) in [6, 6.07) is 1.94. The number of hydrogen-bond donors (Lipinski definition) is 3. The lowest BCUT2D eigenvalue weighted by Crippen LogP contribution is -2.43. The van der Waals surface area contributed by atoms with Gasteiger partial charge >= 0.3 is 17.1 Å². The summed E-state index contributed by atoms with van der Waals surface area (Å²) in [5.74, 6) is 0.205. The molecule has 0 saturated heterocycles. The monoisotopic (exact) mass is 347 g/mol. The van der Waals surface area contributed by atoms with Crippen molar-refractivity contribution >= 4 is 0 Å². The highest BCUT2D eigenvalue weighted by molar-refractivity contribution is 5.52. The Hall–Kier alpha value is -2.57. The van der Waals surface area contributed by atoms with Gasteiger partial charge in [-0.05, 0) is 40.5 Å². The Bertz CT molecular complexity index is 924. The molecule has 2 aromatic rings. The number of aromatic amines is 2. The fraction of sp³-hybridized carbons (Fsp3) is 0.500. The maximum Gasteiger partial charge on any atom is 0.333 e. The average molecular weight is 347 g/mol. The van der Waals surface area contributed by atoms with Gasteiger partial charge in [-0.1, -0.05) is 40.7 Å². The van der Waals surface area contributed by atoms with E-state index in [1.165, 1.54) is 0 Å². The molecule has 0 atom stereocenters. The highest BCUT2D eigenvalue weighted by Crippen LogP contribution is 2.37. The minimum atomic E-state index is -0.830. The summed E-state index contributed by atoms with van der Waals surface area (Å²) in [4.78, 5) is 39.3. The van der Waals surface area contributed by atoms with Crippen LogP contribution in [0.3, 0.4) is 0 Å². The normalized spacial score (nSPS) is 11.7. The van der Waals surface area contributed by atoms with E-state index >= 15 is 0 Å². The first-order chi connectivity index (χ1) is 11.6. The van der Waals surface area contributed by atoms with Crippen LogP contribution in [0.1, 0.15) is 56.9 Å². The molecule has 0 saturated carbocycles. The predicted octanol–water partition coefficient (Wildman–Crippen LogP) is 1.40. The van der Waals surface area contributed by atoms with E-state index in [-0.39, 0.29) is 17.7 Å². The number of benzene rings is 1. The zero-order valence-corrected chi connectivity index (χ0v) is 15.3. The molecule has 0 amide bonds. The molecule has 0 bridgehead atoms. The van der Waals surface area contributed by atoms with E-state index in [1.54, 1.807) is 0 Å². The van der Waals surface area contributed by atoms with Crippen molar-refractivity contribution in [1.29, 1.82) is 0 Å². The zero-order valence-electron chi connectivity index (χ0n) is 15.3. The summed E-state index contributed by atoms with van der Waals surface area (Å²) in [6.07, 6.45) is 1.26. The molecule has 0 unspecified atom stereocenters. The number of H-pyrrole nitrogens is 2. The Morgan fingerprint density at radius 1 is 1.00 bits per heavy atom. The minimum Gasteiger partial charge on any atom is -0.507 e. The fourth-order valence-electron chi connectivity index (χ4n) is 3.05. The molecular weight excluding hydrogens is 322 g/mol. The van der Waals surface area contributed by atoms with Crippen molar-refractivity contribution in [2.75, 3.05) is 0 Å². The molecule has 2 rings (SSSR count). The third kappa shape index (κ3) is 3.60. The van der Waals surface area contributed by atoms with Gasteiger partial charge in [0.2, 0.25) is 0 Å². The molecule has 25 heavy (non-hydrogen) atoms. The quantitative estimate of drug-likeness (QED) is 0.777. The van der Waals surface area contributed by atoms with Crippen molar-refractivity contribution in [1.82, 2.24) is 14.5 Å². The Balaban J connectivity index is 2.74. The number of rotatable bonds is 4. The molecule has 3 N–H and O–H groups in total. The van der Waals surface area contributed by atoms with Crippen LogP contribution in [0, 0.1) is 0 Å². The second kappa shape index (κ2) is 6.74. The summed E-state index contributed by atoms with van der Waals surface area (Å²) in [6.45, 7) is 9.98. The Labute approximate surface area is 145 Å². The van der Waals surface area contributed by atoms with Crippen LogP contribution in [0.4, 0.5) is 0 Å². The summed E-state index contributed by atoms with van der Waals surface area (Å²) in [7, 11) is 0. The van der Waals surface area contributed by atoms with E-state index in [0.717, 1.165) is 26.8 Å². The number of phenols is 1. The van der Waals surface area contributed by atoms with Gasteiger partial charge < -0.3 is 5.11 Å². The highest BCUT2D eigenvalue weighted by Gasteiger charge is 2.24. The molecule has 1 heterocycles. The lowest BCUT2D eigenvalue weighted by atomic mass is 9.81. The Morgan fingerprint density at radius 2 is 1.56 bits per heavy atom. The fourth-order valence-corrected chi connectivity index (χ4v) is 3.05. The van der Waals surface area contributed by atoms with E-state index in [0.29, 0.717) is 12.8 Å². The van der Waals surface area contributed by atoms with Gasteiger partial charge in [0.05, 0.1) is 6.54 Å². The first-order valence-corrected chi connectivity index (χ1v) is 8.40. The second-order valence-electron chi connectivity index (χ2n) is 7.12. The van der Waals surface area contributed by atoms with Crippen LogP contribution in [0.5, 0.6) is 5.75 Å². The Morgan fingerprint density at radius 3 is 2.00 bits per heavy atom. The first-order valence-electron chi connectivity index (χ1n) is 8.40. The maximum absolute atomic E-state index is 12.0. The van der Waals surface area contributed by atoms with Crippen molar-refractivity contribution < 1.29 is 5.11 Å². The predicted molar refractivity (Wildman–Crippen MR) is 96.6 cm³/mol. The van der Waals surface area contributed by atoms with Crippen molar-refractivity contribution in [3.63, 3.8) is 0 Å². The van der Waals surface area contributed by atoms with Gasteiger partial charge in [-0.2, -0.15) is 0 Å². The van der Waals surface area contributed by atoms with Crippen molar-refractivity contribution in [3.8, 4) is 5.75 Å². The van der Waals surface area contributed by atoms with Gasteiger partial charge in [0.15, 0.2) is 0 Å². The van der Waals surface area contributed by atoms with Gasteiger partial charge in [-0.15, -0.1) is 0 Å². The van der Waals surface area contributed by atoms with Crippen LogP contribution >= 0.6 is 0 Å². The molecule has 0 radical (unpaired) electrons. The van der Waals surface area contributed by atoms with Crippen LogP contribution in [0.2, 0.25) is 0 Å². The molecule has 0 fully saturated rings. The SMILES string of the molecule is CCc1cc(C(C)(C)C)c(O)c(CC)c1Cn1c(=O)[nH]c(=O)[nH]c1=O. The summed E-state index contributed by atoms with van der Waals surface area (Å²) in [5, 5.41) is 10.8. The Kier molecular flexibility index (Phi) is 5.06. The topological polar surface area (TPSA) is 108 Å². The van der Waals surface area contributed by atoms with Crippen LogP contribution in [-0.2, 0) is 24.8 Å². The molecule has 1 aromatic carbocycles. The maximum atomic E-state index is 12.0. The smallest absolute Gasteiger partial charge is 0.333 e. The van der Waals surface area contributed by atoms with E-state index in [4.69, 9.17) is 0 Å². The third-order valence-electron chi connectivity index (χ3n) is 4.40. The summed E-state index contributed by atoms with van der Waals surface area (Å²) >= 11 is 0. The molecule has 0 aliphatic heterocycles. The molecule has 7 heteroatoms. The number of phenolic OH excluding ortho intramolecular Hbond substituents is 1. The lowest BCUT2D eigenvalue weighted by molar-refractivity contribution is 0.438. The average Bonchev–Trinajstić information content (AvgIpc) is 2.49. The van der Waals surface area contributed by atoms with Gasteiger partial charge in [-0.25, -0.2) is 19.0 Å². The minimum absolute atomic E-state index is 0.00469. The molecule has 136 valence electrons. The number of nitrogens with one attached hydrogen (secondary N) is 2. The number of aryl methyl sites for hydroxylation is 1. The molecular formula is C18H25N3O4. The third-order valence-corrected chi connectivity index (χ3v) is 4.40. The van der Waals surface area contributed by atoms with Gasteiger partial charge in [0, 0.05) is 0 Å². The molecule has 0 spiro atoms. The molecule has 0 aliphatic carbocycles. The van der Waals surface area contributed by atoms with E-state index in [1.807, 2.05) is 40.7 Å². The van der Waals surface area contributed by atoms with Crippen molar-refractivity contribution in [2.24, 2.45) is 0 Å². The summed E-state index contributed by atoms with van der Waals surface area (Å²) in [5.41, 5.74) is 0.683. The van der Waals surface area contributed by atoms with Gasteiger partial charge in [-0.3, -0.25) is 9.97 Å². The van der Waals surface area contributed by atoms with Crippen molar-refractivity contribution in [3.05, 3.63) is 59.8 Å². The second-order valence-corrected chi connectivity index (χ2v) is 7.12. The molecule has 1 aromatic heterocycles. The summed E-state index contributed by atoms with van der Waals surface area (Å²) < 4.78 is 0.936. The van der Waals surface area contributed by atoms with Crippen LogP contribution in [0.25, 0.3) is 0 Å².